The Morgan fingerprint density at radius 1 is 1.10 bits per heavy atom. The summed E-state index contributed by atoms with van der Waals surface area (Å²) in [6.45, 7) is 5.16. The van der Waals surface area contributed by atoms with Gasteiger partial charge in [-0.1, -0.05) is 29.8 Å². The van der Waals surface area contributed by atoms with Crippen molar-refractivity contribution in [1.29, 1.82) is 0 Å². The minimum atomic E-state index is -4.94. The summed E-state index contributed by atoms with van der Waals surface area (Å²) in [6.07, 6.45) is -4.94. The summed E-state index contributed by atoms with van der Waals surface area (Å²) < 4.78 is 38.5. The van der Waals surface area contributed by atoms with Crippen LogP contribution in [0.25, 0.3) is 17.1 Å². The van der Waals surface area contributed by atoms with Crippen molar-refractivity contribution in [3.05, 3.63) is 69.1 Å². The number of hydrogen-bond donors (Lipinski definition) is 2. The van der Waals surface area contributed by atoms with Crippen LogP contribution in [0.5, 0.6) is 0 Å². The number of nitrogens with one attached hydrogen (secondary N) is 2. The van der Waals surface area contributed by atoms with Gasteiger partial charge in [0, 0.05) is 12.1 Å². The van der Waals surface area contributed by atoms with E-state index < -0.39 is 17.8 Å². The van der Waals surface area contributed by atoms with Gasteiger partial charge in [-0.25, -0.2) is 4.79 Å². The van der Waals surface area contributed by atoms with Crippen molar-refractivity contribution >= 4 is 5.91 Å². The highest BCUT2D eigenvalue weighted by Crippen LogP contribution is 2.27. The molecule has 1 amide bonds. The molecule has 0 aliphatic carbocycles. The van der Waals surface area contributed by atoms with Gasteiger partial charge in [-0.05, 0) is 49.6 Å². The Morgan fingerprint density at radius 3 is 2.38 bits per heavy atom. The van der Waals surface area contributed by atoms with E-state index in [1.807, 2.05) is 31.3 Å². The third-order valence-corrected chi connectivity index (χ3v) is 4.62. The molecule has 0 atom stereocenters. The minimum absolute atomic E-state index is 0.291. The van der Waals surface area contributed by atoms with Gasteiger partial charge in [-0.15, -0.1) is 5.10 Å². The third kappa shape index (κ3) is 4.23. The number of aryl methyl sites for hydroxylation is 2. The van der Waals surface area contributed by atoms with E-state index in [9.17, 15) is 22.8 Å². The van der Waals surface area contributed by atoms with E-state index >= 15 is 0 Å². The van der Waals surface area contributed by atoms with Gasteiger partial charge in [0.25, 0.3) is 0 Å². The molecule has 2 N–H and O–H groups in total. The second-order valence-electron chi connectivity index (χ2n) is 6.75. The number of halogens is 3. The van der Waals surface area contributed by atoms with Gasteiger partial charge >= 0.3 is 17.8 Å². The Kier molecular flexibility index (Phi) is 5.32. The number of nitrogens with zero attached hydrogens (tertiary/aromatic N) is 2. The second kappa shape index (κ2) is 7.57. The van der Waals surface area contributed by atoms with Crippen LogP contribution < -0.4 is 11.0 Å². The fourth-order valence-electron chi connectivity index (χ4n) is 3.02. The van der Waals surface area contributed by atoms with Gasteiger partial charge in [0.05, 0.1) is 5.69 Å². The van der Waals surface area contributed by atoms with Crippen LogP contribution in [0.4, 0.5) is 13.2 Å². The van der Waals surface area contributed by atoms with Crippen LogP contribution in [0.3, 0.4) is 0 Å². The fourth-order valence-corrected chi connectivity index (χ4v) is 3.02. The molecular weight excluding hydrogens is 385 g/mol. The zero-order chi connectivity index (χ0) is 21.3. The van der Waals surface area contributed by atoms with E-state index in [1.54, 1.807) is 31.2 Å². The number of H-pyrrole nitrogens is 1. The van der Waals surface area contributed by atoms with Crippen LogP contribution in [0.15, 0.2) is 41.2 Å². The lowest BCUT2D eigenvalue weighted by Crippen LogP contribution is -2.36. The van der Waals surface area contributed by atoms with Crippen molar-refractivity contribution in [2.45, 2.75) is 33.5 Å². The smallest absolute Gasteiger partial charge is 0.344 e. The zero-order valence-electron chi connectivity index (χ0n) is 16.0. The average molecular weight is 404 g/mol. The number of amides is 1. The van der Waals surface area contributed by atoms with Crippen molar-refractivity contribution in [1.82, 2.24) is 20.1 Å². The number of hydrogen-bond acceptors (Lipinski definition) is 3. The first-order chi connectivity index (χ1) is 13.6. The normalized spacial score (nSPS) is 11.5. The zero-order valence-corrected chi connectivity index (χ0v) is 16.0. The van der Waals surface area contributed by atoms with E-state index in [4.69, 9.17) is 0 Å². The molecule has 0 aliphatic rings. The number of aromatic amines is 1. The molecule has 3 aromatic rings. The van der Waals surface area contributed by atoms with E-state index in [-0.39, 0.29) is 6.54 Å². The largest absolute Gasteiger partial charge is 0.471 e. The molecule has 29 heavy (non-hydrogen) atoms. The molecule has 0 aliphatic heterocycles. The molecule has 1 aromatic heterocycles. The molecule has 0 radical (unpaired) electrons. The highest BCUT2D eigenvalue weighted by molar-refractivity contribution is 5.81. The van der Waals surface area contributed by atoms with Crippen molar-refractivity contribution in [3.8, 4) is 17.1 Å². The maximum atomic E-state index is 12.4. The van der Waals surface area contributed by atoms with Crippen LogP contribution in [-0.2, 0) is 11.3 Å². The first kappa shape index (κ1) is 20.4. The Labute approximate surface area is 164 Å². The second-order valence-corrected chi connectivity index (χ2v) is 6.75. The summed E-state index contributed by atoms with van der Waals surface area (Å²) in [5, 5.41) is 6.22. The molecule has 0 fully saturated rings. The standard InChI is InChI=1S/C20H19F3N4O2/c1-11-4-8-15(9-5-11)27-19(29)25-17(26-27)16-12(2)6-7-14(13(16)3)10-24-18(28)20(21,22)23/h4-9H,10H2,1-3H3,(H,24,28)(H,25,26,29). The topological polar surface area (TPSA) is 79.8 Å². The number of carbonyl (C=O) groups is 1. The van der Waals surface area contributed by atoms with Crippen LogP contribution in [0.2, 0.25) is 0 Å². The first-order valence-electron chi connectivity index (χ1n) is 8.79. The quantitative estimate of drug-likeness (QED) is 0.700. The molecule has 3 rings (SSSR count). The number of carbonyl (C=O) groups excluding carboxylic acids is 1. The lowest BCUT2D eigenvalue weighted by molar-refractivity contribution is -0.173. The number of alkyl halides is 3. The number of rotatable bonds is 4. The highest BCUT2D eigenvalue weighted by Gasteiger charge is 2.38. The van der Waals surface area contributed by atoms with Gasteiger partial charge in [-0.2, -0.15) is 17.9 Å². The van der Waals surface area contributed by atoms with E-state index in [0.717, 1.165) is 11.1 Å². The molecule has 2 aromatic carbocycles. The molecule has 0 bridgehead atoms. The Morgan fingerprint density at radius 2 is 1.76 bits per heavy atom. The third-order valence-electron chi connectivity index (χ3n) is 4.62. The lowest BCUT2D eigenvalue weighted by Gasteiger charge is -2.14. The molecule has 9 heteroatoms. The van der Waals surface area contributed by atoms with Gasteiger partial charge in [0.15, 0.2) is 5.82 Å². The summed E-state index contributed by atoms with van der Waals surface area (Å²) in [5.41, 5.74) is 3.71. The van der Waals surface area contributed by atoms with Crippen LogP contribution in [0, 0.1) is 20.8 Å². The predicted molar refractivity (Wildman–Crippen MR) is 102 cm³/mol. The first-order valence-corrected chi connectivity index (χ1v) is 8.79. The lowest BCUT2D eigenvalue weighted by atomic mass is 9.97. The molecule has 6 nitrogen and oxygen atoms in total. The van der Waals surface area contributed by atoms with E-state index in [1.165, 1.54) is 4.68 Å². The molecule has 0 saturated heterocycles. The SMILES string of the molecule is Cc1ccc(-n2nc(-c3c(C)ccc(CNC(=O)C(F)(F)F)c3C)[nH]c2=O)cc1. The van der Waals surface area contributed by atoms with Crippen molar-refractivity contribution < 1.29 is 18.0 Å². The summed E-state index contributed by atoms with van der Waals surface area (Å²) in [4.78, 5) is 26.2. The molecule has 152 valence electrons. The van der Waals surface area contributed by atoms with E-state index in [2.05, 4.69) is 10.1 Å². The summed E-state index contributed by atoms with van der Waals surface area (Å²) >= 11 is 0. The Bertz CT molecular complexity index is 1110. The van der Waals surface area contributed by atoms with Crippen molar-refractivity contribution in [2.75, 3.05) is 0 Å². The average Bonchev–Trinajstić information content (AvgIpc) is 3.02. The monoisotopic (exact) mass is 404 g/mol. The van der Waals surface area contributed by atoms with Gasteiger partial charge in [-0.3, -0.25) is 9.78 Å². The van der Waals surface area contributed by atoms with Gasteiger partial charge in [0.1, 0.15) is 0 Å². The highest BCUT2D eigenvalue weighted by atomic mass is 19.4. The van der Waals surface area contributed by atoms with E-state index in [0.29, 0.717) is 28.2 Å². The summed E-state index contributed by atoms with van der Waals surface area (Å²) in [6, 6.07) is 10.6. The summed E-state index contributed by atoms with van der Waals surface area (Å²) in [5.74, 6) is -1.70. The Hall–Kier alpha value is -3.36. The number of benzene rings is 2. The van der Waals surface area contributed by atoms with Crippen molar-refractivity contribution in [3.63, 3.8) is 0 Å². The van der Waals surface area contributed by atoms with Crippen LogP contribution >= 0.6 is 0 Å². The fraction of sp³-hybridized carbons (Fsp3) is 0.250. The van der Waals surface area contributed by atoms with Gasteiger partial charge < -0.3 is 5.32 Å². The summed E-state index contributed by atoms with van der Waals surface area (Å²) in [7, 11) is 0. The van der Waals surface area contributed by atoms with Gasteiger partial charge in [0.2, 0.25) is 0 Å². The number of aromatic nitrogens is 3. The molecule has 1 heterocycles. The molecular formula is C20H19F3N4O2. The van der Waals surface area contributed by atoms with Crippen molar-refractivity contribution in [2.24, 2.45) is 0 Å². The maximum absolute atomic E-state index is 12.4. The van der Waals surface area contributed by atoms with Crippen LogP contribution in [-0.4, -0.2) is 26.8 Å². The minimum Gasteiger partial charge on any atom is -0.344 e. The van der Waals surface area contributed by atoms with Crippen LogP contribution in [0.1, 0.15) is 22.3 Å². The molecule has 0 unspecified atom stereocenters. The maximum Gasteiger partial charge on any atom is 0.471 e. The molecule has 0 saturated carbocycles. The molecule has 0 spiro atoms. The predicted octanol–water partition coefficient (Wildman–Crippen LogP) is 3.33. The Balaban J connectivity index is 1.97.